The van der Waals surface area contributed by atoms with Gasteiger partial charge in [0.15, 0.2) is 5.13 Å². The second-order valence-corrected chi connectivity index (χ2v) is 12.7. The molecule has 4 heterocycles. The first-order valence-corrected chi connectivity index (χ1v) is 16.1. The van der Waals surface area contributed by atoms with E-state index in [4.69, 9.17) is 23.9 Å². The van der Waals surface area contributed by atoms with Gasteiger partial charge in [0.05, 0.1) is 24.8 Å². The molecule has 0 spiro atoms. The van der Waals surface area contributed by atoms with E-state index in [2.05, 4.69) is 9.80 Å². The molecule has 0 saturated carbocycles. The fourth-order valence-corrected chi connectivity index (χ4v) is 7.54. The maximum atomic E-state index is 15.9. The Morgan fingerprint density at radius 2 is 1.95 bits per heavy atom. The van der Waals surface area contributed by atoms with Gasteiger partial charge in [-0.25, -0.2) is 9.37 Å². The third kappa shape index (κ3) is 6.28. The van der Waals surface area contributed by atoms with Gasteiger partial charge in [0, 0.05) is 74.6 Å². The Labute approximate surface area is 261 Å². The van der Waals surface area contributed by atoms with Gasteiger partial charge in [0.25, 0.3) is 0 Å². The molecule has 11 heteroatoms. The van der Waals surface area contributed by atoms with Crippen molar-refractivity contribution in [2.45, 2.75) is 57.9 Å². The zero-order chi connectivity index (χ0) is 30.8. The molecule has 0 unspecified atom stereocenters. The second-order valence-electron chi connectivity index (χ2n) is 11.8. The topological polar surface area (TPSA) is 93.6 Å². The lowest BCUT2D eigenvalue weighted by Gasteiger charge is -2.38. The first-order chi connectivity index (χ1) is 21.4. The van der Waals surface area contributed by atoms with Crippen LogP contribution in [0.15, 0.2) is 29.6 Å². The molecule has 0 radical (unpaired) electrons. The Morgan fingerprint density at radius 3 is 2.70 bits per heavy atom. The summed E-state index contributed by atoms with van der Waals surface area (Å²) in [5.41, 5.74) is 4.77. The number of carboxylic acid groups (broad SMARTS) is 1. The molecule has 1 N–H and O–H groups in total. The largest absolute Gasteiger partial charge is 0.496 e. The van der Waals surface area contributed by atoms with E-state index >= 15 is 4.39 Å². The van der Waals surface area contributed by atoms with E-state index in [1.807, 2.05) is 30.5 Å². The minimum absolute atomic E-state index is 0.0599. The lowest BCUT2D eigenvalue weighted by Crippen LogP contribution is -2.47. The van der Waals surface area contributed by atoms with E-state index in [0.717, 1.165) is 65.7 Å². The number of ether oxygens (including phenoxy) is 4. The molecule has 1 aromatic heterocycles. The number of hydrogen-bond donors (Lipinski definition) is 1. The number of halogens is 1. The SMILES string of the molecule is COc1cc(COc2ccc(C)cc2-c2csc(N3CC[C@@H](C(=O)O)[C@@H](OC)C3)n2)c(F)c2c1CN(C1CCOCC1)CC2. The van der Waals surface area contributed by atoms with Gasteiger partial charge in [-0.3, -0.25) is 9.69 Å². The molecular formula is C33H40FN3O6S. The highest BCUT2D eigenvalue weighted by Gasteiger charge is 2.35. The maximum Gasteiger partial charge on any atom is 0.309 e. The molecule has 2 aromatic carbocycles. The highest BCUT2D eigenvalue weighted by Crippen LogP contribution is 2.38. The number of aliphatic carboxylic acids is 1. The number of hydrogen-bond acceptors (Lipinski definition) is 9. The summed E-state index contributed by atoms with van der Waals surface area (Å²) in [7, 11) is 3.19. The summed E-state index contributed by atoms with van der Waals surface area (Å²) in [5, 5.41) is 12.3. The number of fused-ring (bicyclic) bond motifs is 1. The number of piperidine rings is 1. The summed E-state index contributed by atoms with van der Waals surface area (Å²) >= 11 is 1.50. The standard InChI is InChI=1S/C33H40FN3O6S/c1-20-4-5-28(25(14-20)27-19-44-33(35-27)37-11-7-24(32(38)39)30(17-37)41-3)43-18-21-15-29(40-2)26-16-36(10-6-23(26)31(21)34)22-8-12-42-13-9-22/h4-5,14-15,19,22,24,30H,6-13,16-18H2,1-3H3,(H,38,39)/t24-,30+/m1/s1. The fourth-order valence-electron chi connectivity index (χ4n) is 6.67. The van der Waals surface area contributed by atoms with Crippen LogP contribution < -0.4 is 14.4 Å². The number of carboxylic acids is 1. The van der Waals surface area contributed by atoms with Crippen LogP contribution in [-0.4, -0.2) is 80.2 Å². The molecule has 2 fully saturated rings. The summed E-state index contributed by atoms with van der Waals surface area (Å²) in [6, 6.07) is 8.14. The van der Waals surface area contributed by atoms with Crippen LogP contribution in [-0.2, 0) is 33.8 Å². The lowest BCUT2D eigenvalue weighted by atomic mass is 9.93. The van der Waals surface area contributed by atoms with Crippen LogP contribution >= 0.6 is 11.3 Å². The molecule has 9 nitrogen and oxygen atoms in total. The number of aryl methyl sites for hydroxylation is 1. The molecule has 3 aliphatic rings. The summed E-state index contributed by atoms with van der Waals surface area (Å²) in [6.45, 7) is 6.17. The number of aromatic nitrogens is 1. The molecule has 2 atom stereocenters. The van der Waals surface area contributed by atoms with Crippen molar-refractivity contribution in [1.29, 1.82) is 0 Å². The number of anilines is 1. The smallest absolute Gasteiger partial charge is 0.309 e. The third-order valence-corrected chi connectivity index (χ3v) is 10.1. The fraction of sp³-hybridized carbons (Fsp3) is 0.515. The molecule has 2 saturated heterocycles. The van der Waals surface area contributed by atoms with Gasteiger partial charge in [0.2, 0.25) is 0 Å². The highest BCUT2D eigenvalue weighted by atomic mass is 32.1. The third-order valence-electron chi connectivity index (χ3n) is 9.19. The van der Waals surface area contributed by atoms with E-state index in [-0.39, 0.29) is 12.4 Å². The van der Waals surface area contributed by atoms with Gasteiger partial charge in [-0.15, -0.1) is 11.3 Å². The number of nitrogens with zero attached hydrogens (tertiary/aromatic N) is 3. The van der Waals surface area contributed by atoms with Gasteiger partial charge in [-0.2, -0.15) is 0 Å². The van der Waals surface area contributed by atoms with Crippen LogP contribution in [0.1, 0.15) is 41.5 Å². The summed E-state index contributed by atoms with van der Waals surface area (Å²) in [5.74, 6) is -0.252. The van der Waals surface area contributed by atoms with Gasteiger partial charge < -0.3 is 29.0 Å². The predicted octanol–water partition coefficient (Wildman–Crippen LogP) is 5.31. The zero-order valence-corrected chi connectivity index (χ0v) is 26.3. The van der Waals surface area contributed by atoms with Crippen molar-refractivity contribution >= 4 is 22.4 Å². The van der Waals surface area contributed by atoms with E-state index in [1.54, 1.807) is 20.3 Å². The van der Waals surface area contributed by atoms with Crippen LogP contribution in [0.3, 0.4) is 0 Å². The predicted molar refractivity (Wildman–Crippen MR) is 166 cm³/mol. The average Bonchev–Trinajstić information content (AvgIpc) is 3.55. The van der Waals surface area contributed by atoms with E-state index in [0.29, 0.717) is 55.6 Å². The van der Waals surface area contributed by atoms with E-state index < -0.39 is 18.0 Å². The Bertz CT molecular complexity index is 1490. The molecule has 3 aromatic rings. The molecule has 0 aliphatic carbocycles. The van der Waals surface area contributed by atoms with Crippen LogP contribution in [0.4, 0.5) is 9.52 Å². The van der Waals surface area contributed by atoms with Crippen molar-refractivity contribution in [2.75, 3.05) is 52.0 Å². The van der Waals surface area contributed by atoms with Gasteiger partial charge in [0.1, 0.15) is 23.9 Å². The highest BCUT2D eigenvalue weighted by molar-refractivity contribution is 7.14. The molecule has 6 rings (SSSR count). The average molecular weight is 626 g/mol. The van der Waals surface area contributed by atoms with Gasteiger partial charge in [-0.1, -0.05) is 11.6 Å². The number of methoxy groups -OCH3 is 2. The Morgan fingerprint density at radius 1 is 1.14 bits per heavy atom. The number of thiazole rings is 1. The van der Waals surface area contributed by atoms with Crippen molar-refractivity contribution < 1.29 is 33.2 Å². The molecule has 44 heavy (non-hydrogen) atoms. The number of rotatable bonds is 9. The maximum absolute atomic E-state index is 15.9. The monoisotopic (exact) mass is 625 g/mol. The molecule has 236 valence electrons. The normalized spacial score (nSPS) is 21.2. The summed E-state index contributed by atoms with van der Waals surface area (Å²) in [4.78, 5) is 21.0. The molecular weight excluding hydrogens is 585 g/mol. The number of carbonyl (C=O) groups is 1. The summed E-state index contributed by atoms with van der Waals surface area (Å²) < 4.78 is 39.0. The van der Waals surface area contributed by atoms with Crippen molar-refractivity contribution in [2.24, 2.45) is 5.92 Å². The van der Waals surface area contributed by atoms with E-state index in [9.17, 15) is 9.90 Å². The van der Waals surface area contributed by atoms with Crippen molar-refractivity contribution in [3.8, 4) is 22.8 Å². The zero-order valence-electron chi connectivity index (χ0n) is 25.5. The molecule has 3 aliphatic heterocycles. The van der Waals surface area contributed by atoms with Gasteiger partial charge in [-0.05, 0) is 56.4 Å². The van der Waals surface area contributed by atoms with Crippen LogP contribution in [0.25, 0.3) is 11.3 Å². The summed E-state index contributed by atoms with van der Waals surface area (Å²) in [6.07, 6.45) is 2.73. The van der Waals surface area contributed by atoms with Crippen LogP contribution in [0, 0.1) is 18.7 Å². The van der Waals surface area contributed by atoms with Crippen LogP contribution in [0.2, 0.25) is 0 Å². The van der Waals surface area contributed by atoms with Crippen LogP contribution in [0.5, 0.6) is 11.5 Å². The Balaban J connectivity index is 1.20. The molecule has 0 bridgehead atoms. The lowest BCUT2D eigenvalue weighted by molar-refractivity contribution is -0.147. The van der Waals surface area contributed by atoms with Gasteiger partial charge >= 0.3 is 5.97 Å². The first-order valence-electron chi connectivity index (χ1n) is 15.2. The van der Waals surface area contributed by atoms with Crippen molar-refractivity contribution in [3.05, 3.63) is 57.7 Å². The minimum atomic E-state index is -0.831. The van der Waals surface area contributed by atoms with E-state index in [1.165, 1.54) is 11.3 Å². The second kappa shape index (κ2) is 13.4. The number of benzene rings is 2. The van der Waals surface area contributed by atoms with Crippen molar-refractivity contribution in [1.82, 2.24) is 9.88 Å². The quantitative estimate of drug-likeness (QED) is 0.340. The Hall–Kier alpha value is -3.25. The minimum Gasteiger partial charge on any atom is -0.496 e. The molecule has 0 amide bonds. The van der Waals surface area contributed by atoms with Crippen molar-refractivity contribution in [3.63, 3.8) is 0 Å². The first kappa shape index (κ1) is 30.8. The Kier molecular flexibility index (Phi) is 9.37.